The summed E-state index contributed by atoms with van der Waals surface area (Å²) in [6, 6.07) is 11.4. The molecule has 2 heterocycles. The fraction of sp³-hybridized carbons (Fsp3) is 0.333. The normalized spacial score (nSPS) is 10.6. The molecule has 1 amide bonds. The van der Waals surface area contributed by atoms with Crippen molar-refractivity contribution in [1.82, 2.24) is 30.6 Å². The van der Waals surface area contributed by atoms with Crippen LogP contribution in [0, 0.1) is 0 Å². The molecule has 1 aromatic carbocycles. The van der Waals surface area contributed by atoms with Gasteiger partial charge in [0.2, 0.25) is 0 Å². The quantitative estimate of drug-likeness (QED) is 0.465. The van der Waals surface area contributed by atoms with Gasteiger partial charge < -0.3 is 20.1 Å². The zero-order valence-corrected chi connectivity index (χ0v) is 17.2. The summed E-state index contributed by atoms with van der Waals surface area (Å²) >= 11 is 0. The van der Waals surface area contributed by atoms with Crippen molar-refractivity contribution in [1.29, 1.82) is 0 Å². The topological polar surface area (TPSA) is 103 Å². The van der Waals surface area contributed by atoms with Gasteiger partial charge in [-0.2, -0.15) is 0 Å². The number of hydrogen-bond acceptors (Lipinski definition) is 7. The van der Waals surface area contributed by atoms with Crippen LogP contribution in [0.4, 0.5) is 0 Å². The SMILES string of the molecule is CCOc1cc(CNCCn2cc(C(=O)NCc3ccccn3)nn2)ccc1OC. The summed E-state index contributed by atoms with van der Waals surface area (Å²) in [5.41, 5.74) is 2.16. The minimum Gasteiger partial charge on any atom is -0.493 e. The zero-order chi connectivity index (χ0) is 21.2. The maximum atomic E-state index is 12.2. The van der Waals surface area contributed by atoms with E-state index in [1.54, 1.807) is 24.2 Å². The van der Waals surface area contributed by atoms with Crippen LogP contribution in [0.15, 0.2) is 48.8 Å². The van der Waals surface area contributed by atoms with Crippen molar-refractivity contribution < 1.29 is 14.3 Å². The summed E-state index contributed by atoms with van der Waals surface area (Å²) < 4.78 is 12.5. The second kappa shape index (κ2) is 10.9. The standard InChI is InChI=1S/C21H26N6O3/c1-3-30-20-12-16(7-8-19(20)29-2)13-22-10-11-27-15-18(25-26-27)21(28)24-14-17-6-4-5-9-23-17/h4-9,12,15,22H,3,10-11,13-14H2,1-2H3,(H,24,28). The van der Waals surface area contributed by atoms with E-state index in [0.717, 1.165) is 22.8 Å². The van der Waals surface area contributed by atoms with Gasteiger partial charge in [-0.05, 0) is 36.8 Å². The predicted octanol–water partition coefficient (Wildman–Crippen LogP) is 1.80. The first-order chi connectivity index (χ1) is 14.7. The Morgan fingerprint density at radius 1 is 1.17 bits per heavy atom. The van der Waals surface area contributed by atoms with E-state index in [1.807, 2.05) is 43.3 Å². The molecule has 0 saturated carbocycles. The summed E-state index contributed by atoms with van der Waals surface area (Å²) in [4.78, 5) is 16.4. The lowest BCUT2D eigenvalue weighted by molar-refractivity contribution is 0.0945. The first kappa shape index (κ1) is 21.3. The van der Waals surface area contributed by atoms with E-state index in [4.69, 9.17) is 9.47 Å². The first-order valence-electron chi connectivity index (χ1n) is 9.78. The van der Waals surface area contributed by atoms with Crippen molar-refractivity contribution in [3.05, 3.63) is 65.7 Å². The van der Waals surface area contributed by atoms with Gasteiger partial charge in [0.15, 0.2) is 17.2 Å². The second-order valence-electron chi connectivity index (χ2n) is 6.47. The predicted molar refractivity (Wildman–Crippen MR) is 111 cm³/mol. The molecule has 0 atom stereocenters. The van der Waals surface area contributed by atoms with Crippen LogP contribution in [0.25, 0.3) is 0 Å². The Morgan fingerprint density at radius 2 is 2.07 bits per heavy atom. The van der Waals surface area contributed by atoms with Crippen LogP contribution in [-0.4, -0.2) is 46.1 Å². The van der Waals surface area contributed by atoms with E-state index in [0.29, 0.717) is 32.8 Å². The summed E-state index contributed by atoms with van der Waals surface area (Å²) in [5, 5.41) is 14.1. The molecular formula is C21H26N6O3. The molecule has 3 rings (SSSR count). The number of methoxy groups -OCH3 is 1. The van der Waals surface area contributed by atoms with E-state index in [9.17, 15) is 4.79 Å². The zero-order valence-electron chi connectivity index (χ0n) is 17.2. The van der Waals surface area contributed by atoms with E-state index in [2.05, 4.69) is 25.9 Å². The number of nitrogens with zero attached hydrogens (tertiary/aromatic N) is 4. The highest BCUT2D eigenvalue weighted by Gasteiger charge is 2.10. The molecule has 0 aliphatic heterocycles. The number of carbonyl (C=O) groups is 1. The highest BCUT2D eigenvalue weighted by molar-refractivity contribution is 5.91. The molecule has 0 radical (unpaired) electrons. The van der Waals surface area contributed by atoms with Crippen LogP contribution in [-0.2, 0) is 19.6 Å². The number of aromatic nitrogens is 4. The van der Waals surface area contributed by atoms with Gasteiger partial charge in [0.1, 0.15) is 0 Å². The molecule has 30 heavy (non-hydrogen) atoms. The number of benzene rings is 1. The number of hydrogen-bond donors (Lipinski definition) is 2. The monoisotopic (exact) mass is 410 g/mol. The van der Waals surface area contributed by atoms with E-state index >= 15 is 0 Å². The van der Waals surface area contributed by atoms with Crippen LogP contribution in [0.1, 0.15) is 28.7 Å². The molecule has 2 aromatic heterocycles. The molecule has 0 aliphatic rings. The Bertz CT molecular complexity index is 945. The summed E-state index contributed by atoms with van der Waals surface area (Å²) in [6.07, 6.45) is 3.32. The summed E-state index contributed by atoms with van der Waals surface area (Å²) in [6.45, 7) is 4.81. The maximum Gasteiger partial charge on any atom is 0.273 e. The van der Waals surface area contributed by atoms with Crippen LogP contribution in [0.5, 0.6) is 11.5 Å². The molecule has 9 nitrogen and oxygen atoms in total. The smallest absolute Gasteiger partial charge is 0.273 e. The number of carbonyl (C=O) groups excluding carboxylic acids is 1. The number of rotatable bonds is 11. The van der Waals surface area contributed by atoms with Crippen LogP contribution in [0.2, 0.25) is 0 Å². The Kier molecular flexibility index (Phi) is 7.73. The van der Waals surface area contributed by atoms with Crippen molar-refractivity contribution in [2.75, 3.05) is 20.3 Å². The molecule has 2 N–H and O–H groups in total. The van der Waals surface area contributed by atoms with E-state index in [1.165, 1.54) is 0 Å². The molecule has 3 aromatic rings. The third kappa shape index (κ3) is 6.02. The second-order valence-corrected chi connectivity index (χ2v) is 6.47. The first-order valence-corrected chi connectivity index (χ1v) is 9.78. The molecule has 0 bridgehead atoms. The van der Waals surface area contributed by atoms with Crippen molar-refractivity contribution in [3.63, 3.8) is 0 Å². The third-order valence-corrected chi connectivity index (χ3v) is 4.30. The average molecular weight is 410 g/mol. The van der Waals surface area contributed by atoms with Crippen LogP contribution in [0.3, 0.4) is 0 Å². The summed E-state index contributed by atoms with van der Waals surface area (Å²) in [5.74, 6) is 1.18. The lowest BCUT2D eigenvalue weighted by Crippen LogP contribution is -2.23. The molecule has 0 fully saturated rings. The molecule has 0 aliphatic carbocycles. The lowest BCUT2D eigenvalue weighted by atomic mass is 10.2. The fourth-order valence-electron chi connectivity index (χ4n) is 2.80. The Hall–Kier alpha value is -3.46. The maximum absolute atomic E-state index is 12.2. The van der Waals surface area contributed by atoms with Gasteiger partial charge in [-0.3, -0.25) is 14.5 Å². The Balaban J connectivity index is 1.43. The van der Waals surface area contributed by atoms with Crippen molar-refractivity contribution >= 4 is 5.91 Å². The highest BCUT2D eigenvalue weighted by atomic mass is 16.5. The number of amides is 1. The van der Waals surface area contributed by atoms with Gasteiger partial charge in [0.25, 0.3) is 5.91 Å². The van der Waals surface area contributed by atoms with Gasteiger partial charge in [0.05, 0.1) is 38.7 Å². The van der Waals surface area contributed by atoms with Gasteiger partial charge in [0, 0.05) is 19.3 Å². The number of pyridine rings is 1. The Labute approximate surface area is 175 Å². The van der Waals surface area contributed by atoms with Gasteiger partial charge >= 0.3 is 0 Å². The average Bonchev–Trinajstić information content (AvgIpc) is 3.25. The third-order valence-electron chi connectivity index (χ3n) is 4.30. The van der Waals surface area contributed by atoms with E-state index in [-0.39, 0.29) is 11.6 Å². The molecule has 0 saturated heterocycles. The lowest BCUT2D eigenvalue weighted by Gasteiger charge is -2.11. The molecule has 9 heteroatoms. The van der Waals surface area contributed by atoms with Crippen molar-refractivity contribution in [2.24, 2.45) is 0 Å². The minimum absolute atomic E-state index is 0.276. The van der Waals surface area contributed by atoms with Gasteiger partial charge in [-0.25, -0.2) is 0 Å². The van der Waals surface area contributed by atoms with Crippen molar-refractivity contribution in [2.45, 2.75) is 26.6 Å². The molecular weight excluding hydrogens is 384 g/mol. The highest BCUT2D eigenvalue weighted by Crippen LogP contribution is 2.27. The van der Waals surface area contributed by atoms with Crippen LogP contribution >= 0.6 is 0 Å². The minimum atomic E-state index is -0.276. The largest absolute Gasteiger partial charge is 0.493 e. The van der Waals surface area contributed by atoms with Crippen LogP contribution < -0.4 is 20.1 Å². The molecule has 0 unspecified atom stereocenters. The van der Waals surface area contributed by atoms with E-state index < -0.39 is 0 Å². The molecule has 0 spiro atoms. The van der Waals surface area contributed by atoms with Gasteiger partial charge in [-0.1, -0.05) is 17.3 Å². The molecule has 158 valence electrons. The van der Waals surface area contributed by atoms with Crippen molar-refractivity contribution in [3.8, 4) is 11.5 Å². The fourth-order valence-corrected chi connectivity index (χ4v) is 2.80. The number of ether oxygens (including phenoxy) is 2. The van der Waals surface area contributed by atoms with Gasteiger partial charge in [-0.15, -0.1) is 5.10 Å². The number of nitrogens with one attached hydrogen (secondary N) is 2. The summed E-state index contributed by atoms with van der Waals surface area (Å²) in [7, 11) is 1.63. The Morgan fingerprint density at radius 3 is 2.83 bits per heavy atom.